The van der Waals surface area contributed by atoms with Crippen LogP contribution in [0.4, 0.5) is 4.39 Å². The van der Waals surface area contributed by atoms with Gasteiger partial charge in [0.2, 0.25) is 0 Å². The molecular weight excluding hydrogens is 491 g/mol. The zero-order valence-electron chi connectivity index (χ0n) is 17.7. The first-order valence-electron chi connectivity index (χ1n) is 10.2. The van der Waals surface area contributed by atoms with Crippen LogP contribution < -0.4 is 14.9 Å². The second-order valence-corrected chi connectivity index (χ2v) is 7.96. The summed E-state index contributed by atoms with van der Waals surface area (Å²) in [6.07, 6.45) is 1.50. The smallest absolute Gasteiger partial charge is 0.307 e. The first-order chi connectivity index (χ1) is 16.0. The molecule has 4 rings (SSSR count). The Kier molecular flexibility index (Phi) is 7.04. The second-order valence-electron chi connectivity index (χ2n) is 7.05. The number of rotatable bonds is 8. The number of hydrazone groups is 1. The van der Waals surface area contributed by atoms with E-state index in [9.17, 15) is 9.18 Å². The molecule has 0 spiro atoms. The molecule has 0 saturated carbocycles. The topological polar surface area (TPSA) is 73.1 Å². The van der Waals surface area contributed by atoms with Gasteiger partial charge in [0.15, 0.2) is 17.3 Å². The number of amides is 1. The van der Waals surface area contributed by atoms with E-state index < -0.39 is 5.91 Å². The number of nitrogens with one attached hydrogen (secondary N) is 1. The van der Waals surface area contributed by atoms with Gasteiger partial charge in [0, 0.05) is 9.86 Å². The number of ether oxygens (including phenoxy) is 2. The molecule has 0 aliphatic heterocycles. The van der Waals surface area contributed by atoms with E-state index in [4.69, 9.17) is 13.9 Å². The molecule has 0 saturated heterocycles. The van der Waals surface area contributed by atoms with Crippen LogP contribution in [0.3, 0.4) is 0 Å². The van der Waals surface area contributed by atoms with Crippen molar-refractivity contribution in [2.75, 3.05) is 6.61 Å². The molecular formula is C25H20BrFN2O4. The number of carbonyl (C=O) groups excluding carboxylic acids is 1. The number of benzene rings is 3. The lowest BCUT2D eigenvalue weighted by Crippen LogP contribution is -2.16. The number of halogens is 2. The molecule has 1 N–H and O–H groups in total. The van der Waals surface area contributed by atoms with Crippen LogP contribution >= 0.6 is 15.9 Å². The lowest BCUT2D eigenvalue weighted by atomic mass is 10.2. The lowest BCUT2D eigenvalue weighted by molar-refractivity contribution is 0.0929. The fourth-order valence-corrected chi connectivity index (χ4v) is 3.46. The third-order valence-corrected chi connectivity index (χ3v) is 5.15. The first kappa shape index (κ1) is 22.5. The third-order valence-electron chi connectivity index (χ3n) is 4.66. The molecule has 0 unspecified atom stereocenters. The highest BCUT2D eigenvalue weighted by atomic mass is 79.9. The Morgan fingerprint density at radius 3 is 2.67 bits per heavy atom. The normalized spacial score (nSPS) is 11.1. The minimum absolute atomic E-state index is 0.166. The van der Waals surface area contributed by atoms with Gasteiger partial charge >= 0.3 is 5.91 Å². The molecule has 0 atom stereocenters. The van der Waals surface area contributed by atoms with Gasteiger partial charge in [-0.05, 0) is 72.6 Å². The van der Waals surface area contributed by atoms with Gasteiger partial charge in [0.05, 0.1) is 12.8 Å². The molecule has 1 amide bonds. The number of fused-ring (bicyclic) bond motifs is 1. The average molecular weight is 511 g/mol. The highest BCUT2D eigenvalue weighted by Gasteiger charge is 2.12. The van der Waals surface area contributed by atoms with E-state index in [2.05, 4.69) is 26.5 Å². The summed E-state index contributed by atoms with van der Waals surface area (Å²) in [5.41, 5.74) is 4.63. The van der Waals surface area contributed by atoms with Crippen molar-refractivity contribution in [2.45, 2.75) is 13.5 Å². The molecule has 3 aromatic carbocycles. The summed E-state index contributed by atoms with van der Waals surface area (Å²) in [5, 5.41) is 4.83. The van der Waals surface area contributed by atoms with Gasteiger partial charge in [-0.3, -0.25) is 4.79 Å². The Morgan fingerprint density at radius 2 is 1.88 bits per heavy atom. The fourth-order valence-electron chi connectivity index (χ4n) is 3.08. The van der Waals surface area contributed by atoms with Crippen LogP contribution in [-0.4, -0.2) is 18.7 Å². The highest BCUT2D eigenvalue weighted by molar-refractivity contribution is 9.10. The SMILES string of the molecule is CCOc1cc(/C=N/NC(=O)c2cc3cc(Br)ccc3o2)ccc1OCc1ccc(F)cc1. The average Bonchev–Trinajstić information content (AvgIpc) is 3.23. The zero-order chi connectivity index (χ0) is 23.2. The van der Waals surface area contributed by atoms with Crippen molar-refractivity contribution in [1.82, 2.24) is 5.43 Å². The van der Waals surface area contributed by atoms with Gasteiger partial charge in [-0.2, -0.15) is 5.10 Å². The van der Waals surface area contributed by atoms with Gasteiger partial charge in [-0.15, -0.1) is 0 Å². The number of furan rings is 1. The number of nitrogens with zero attached hydrogens (tertiary/aromatic N) is 1. The molecule has 1 aromatic heterocycles. The minimum Gasteiger partial charge on any atom is -0.490 e. The third kappa shape index (κ3) is 5.78. The summed E-state index contributed by atoms with van der Waals surface area (Å²) in [6, 6.07) is 18.6. The maximum Gasteiger partial charge on any atom is 0.307 e. The standard InChI is InChI=1S/C25H20BrFN2O4/c1-2-31-23-11-17(5-9-22(23)32-15-16-3-7-20(27)8-4-16)14-28-29-25(30)24-13-18-12-19(26)6-10-21(18)33-24/h3-14H,2,15H2,1H3,(H,29,30)/b28-14+. The summed E-state index contributed by atoms with van der Waals surface area (Å²) in [6.45, 7) is 2.60. The summed E-state index contributed by atoms with van der Waals surface area (Å²) in [5.74, 6) is 0.508. The fraction of sp³-hybridized carbons (Fsp3) is 0.120. The van der Waals surface area contributed by atoms with Crippen LogP contribution in [-0.2, 0) is 6.61 Å². The quantitative estimate of drug-likeness (QED) is 0.230. The lowest BCUT2D eigenvalue weighted by Gasteiger charge is -2.12. The van der Waals surface area contributed by atoms with Gasteiger partial charge < -0.3 is 13.9 Å². The van der Waals surface area contributed by atoms with Crippen LogP contribution in [0, 0.1) is 5.82 Å². The first-order valence-corrected chi connectivity index (χ1v) is 11.0. The van der Waals surface area contributed by atoms with Crippen LogP contribution in [0.15, 0.2) is 80.7 Å². The predicted molar refractivity (Wildman–Crippen MR) is 127 cm³/mol. The van der Waals surface area contributed by atoms with Gasteiger partial charge in [-0.1, -0.05) is 28.1 Å². The molecule has 6 nitrogen and oxygen atoms in total. The van der Waals surface area contributed by atoms with Crippen molar-refractivity contribution < 1.29 is 23.1 Å². The number of carbonyl (C=O) groups is 1. The van der Waals surface area contributed by atoms with Crippen LogP contribution in [0.1, 0.15) is 28.6 Å². The summed E-state index contributed by atoms with van der Waals surface area (Å²) in [4.78, 5) is 12.4. The molecule has 0 fully saturated rings. The van der Waals surface area contributed by atoms with Gasteiger partial charge in [0.25, 0.3) is 0 Å². The summed E-state index contributed by atoms with van der Waals surface area (Å²) < 4.78 is 31.0. The van der Waals surface area contributed by atoms with Gasteiger partial charge in [-0.25, -0.2) is 9.82 Å². The zero-order valence-corrected chi connectivity index (χ0v) is 19.3. The van der Waals surface area contributed by atoms with Crippen LogP contribution in [0.5, 0.6) is 11.5 Å². The number of hydrogen-bond donors (Lipinski definition) is 1. The molecule has 168 valence electrons. The van der Waals surface area contributed by atoms with E-state index in [1.54, 1.807) is 42.5 Å². The maximum absolute atomic E-state index is 13.1. The molecule has 4 aromatic rings. The van der Waals surface area contributed by atoms with Crippen molar-refractivity contribution >= 4 is 39.0 Å². The molecule has 1 heterocycles. The van der Waals surface area contributed by atoms with E-state index in [0.717, 1.165) is 15.4 Å². The van der Waals surface area contributed by atoms with E-state index in [-0.39, 0.29) is 18.2 Å². The monoisotopic (exact) mass is 510 g/mol. The van der Waals surface area contributed by atoms with Crippen molar-refractivity contribution in [2.24, 2.45) is 5.10 Å². The maximum atomic E-state index is 13.1. The minimum atomic E-state index is -0.456. The van der Waals surface area contributed by atoms with Crippen LogP contribution in [0.25, 0.3) is 11.0 Å². The Bertz CT molecular complexity index is 1300. The molecule has 0 bridgehead atoms. The van der Waals surface area contributed by atoms with Crippen molar-refractivity contribution in [3.63, 3.8) is 0 Å². The Labute approximate surface area is 198 Å². The molecule has 0 radical (unpaired) electrons. The van der Waals surface area contributed by atoms with Crippen LogP contribution in [0.2, 0.25) is 0 Å². The Hall–Kier alpha value is -3.65. The van der Waals surface area contributed by atoms with Gasteiger partial charge in [0.1, 0.15) is 18.0 Å². The van der Waals surface area contributed by atoms with E-state index in [0.29, 0.717) is 29.3 Å². The Balaban J connectivity index is 1.41. The van der Waals surface area contributed by atoms with E-state index in [1.807, 2.05) is 19.1 Å². The van der Waals surface area contributed by atoms with E-state index in [1.165, 1.54) is 18.3 Å². The summed E-state index contributed by atoms with van der Waals surface area (Å²) in [7, 11) is 0. The van der Waals surface area contributed by atoms with Crippen molar-refractivity contribution in [3.05, 3.63) is 93.9 Å². The Morgan fingerprint density at radius 1 is 1.06 bits per heavy atom. The molecule has 0 aliphatic carbocycles. The largest absolute Gasteiger partial charge is 0.490 e. The molecule has 33 heavy (non-hydrogen) atoms. The van der Waals surface area contributed by atoms with Crippen molar-refractivity contribution in [3.8, 4) is 11.5 Å². The van der Waals surface area contributed by atoms with E-state index >= 15 is 0 Å². The number of hydrogen-bond acceptors (Lipinski definition) is 5. The highest BCUT2D eigenvalue weighted by Crippen LogP contribution is 2.29. The molecule has 8 heteroatoms. The van der Waals surface area contributed by atoms with Crippen molar-refractivity contribution in [1.29, 1.82) is 0 Å². The second kappa shape index (κ2) is 10.3. The molecule has 0 aliphatic rings. The predicted octanol–water partition coefficient (Wildman–Crippen LogP) is 6.08. The summed E-state index contributed by atoms with van der Waals surface area (Å²) >= 11 is 3.39.